The molecule has 0 radical (unpaired) electrons. The van der Waals surface area contributed by atoms with Crippen LogP contribution in [0.25, 0.3) is 0 Å². The zero-order chi connectivity index (χ0) is 23.2. The SMILES string of the molecule is CO[C@H]1OC2COC(c3ccccc3)O[C@H]2C(OCc2ccccc2)C1OCc1ccccc1. The third kappa shape index (κ3) is 5.39. The highest BCUT2D eigenvalue weighted by molar-refractivity contribution is 5.17. The molecular formula is C28H30O6. The van der Waals surface area contributed by atoms with E-state index in [9.17, 15) is 0 Å². The molecule has 2 aliphatic rings. The third-order valence-electron chi connectivity index (χ3n) is 6.16. The van der Waals surface area contributed by atoms with Crippen LogP contribution < -0.4 is 0 Å². The normalized spacial score (nSPS) is 28.9. The summed E-state index contributed by atoms with van der Waals surface area (Å²) in [7, 11) is 1.62. The van der Waals surface area contributed by atoms with Gasteiger partial charge in [-0.25, -0.2) is 0 Å². The molecule has 5 rings (SSSR count). The lowest BCUT2D eigenvalue weighted by atomic mass is 9.97. The van der Waals surface area contributed by atoms with E-state index < -0.39 is 24.8 Å². The van der Waals surface area contributed by atoms with Gasteiger partial charge in [-0.15, -0.1) is 0 Å². The van der Waals surface area contributed by atoms with Gasteiger partial charge in [-0.05, 0) is 11.1 Å². The molecule has 6 nitrogen and oxygen atoms in total. The molecule has 3 aromatic carbocycles. The summed E-state index contributed by atoms with van der Waals surface area (Å²) in [5.74, 6) is 0. The van der Waals surface area contributed by atoms with Crippen LogP contribution in [0.4, 0.5) is 0 Å². The van der Waals surface area contributed by atoms with Gasteiger partial charge < -0.3 is 28.4 Å². The van der Waals surface area contributed by atoms with Gasteiger partial charge in [-0.1, -0.05) is 91.0 Å². The van der Waals surface area contributed by atoms with Crippen molar-refractivity contribution in [2.24, 2.45) is 0 Å². The van der Waals surface area contributed by atoms with Crippen LogP contribution in [-0.4, -0.2) is 44.4 Å². The average molecular weight is 463 g/mol. The molecule has 0 saturated carbocycles. The van der Waals surface area contributed by atoms with Crippen LogP contribution in [0.1, 0.15) is 23.0 Å². The largest absolute Gasteiger partial charge is 0.368 e. The Morgan fingerprint density at radius 1 is 0.706 bits per heavy atom. The Bertz CT molecular complexity index is 993. The Hall–Kier alpha value is -2.58. The van der Waals surface area contributed by atoms with Gasteiger partial charge in [0.2, 0.25) is 0 Å². The minimum Gasteiger partial charge on any atom is -0.368 e. The lowest BCUT2D eigenvalue weighted by Crippen LogP contribution is -2.63. The lowest BCUT2D eigenvalue weighted by molar-refractivity contribution is -0.369. The highest BCUT2D eigenvalue weighted by Gasteiger charge is 2.51. The molecule has 6 heteroatoms. The van der Waals surface area contributed by atoms with Crippen LogP contribution in [0.5, 0.6) is 0 Å². The first kappa shape index (κ1) is 23.2. The van der Waals surface area contributed by atoms with Crippen LogP contribution in [0.2, 0.25) is 0 Å². The van der Waals surface area contributed by atoms with E-state index in [0.29, 0.717) is 19.8 Å². The Morgan fingerprint density at radius 2 is 1.26 bits per heavy atom. The summed E-state index contributed by atoms with van der Waals surface area (Å²) < 4.78 is 37.2. The highest BCUT2D eigenvalue weighted by Crippen LogP contribution is 2.37. The summed E-state index contributed by atoms with van der Waals surface area (Å²) >= 11 is 0. The minimum atomic E-state index is -0.605. The number of fused-ring (bicyclic) bond motifs is 1. The lowest BCUT2D eigenvalue weighted by Gasteiger charge is -2.48. The highest BCUT2D eigenvalue weighted by atomic mass is 16.8. The van der Waals surface area contributed by atoms with Crippen LogP contribution in [0, 0.1) is 0 Å². The quantitative estimate of drug-likeness (QED) is 0.486. The third-order valence-corrected chi connectivity index (χ3v) is 6.16. The van der Waals surface area contributed by atoms with Crippen LogP contribution in [0.3, 0.4) is 0 Å². The number of hydrogen-bond acceptors (Lipinski definition) is 6. The summed E-state index contributed by atoms with van der Waals surface area (Å²) in [6, 6.07) is 30.0. The number of methoxy groups -OCH3 is 1. The predicted octanol–water partition coefficient (Wildman–Crippen LogP) is 4.64. The fourth-order valence-corrected chi connectivity index (χ4v) is 4.42. The standard InChI is InChI=1S/C28H30O6/c1-29-28-26(31-18-21-13-7-3-8-14-21)25(30-17-20-11-5-2-6-12-20)24-23(33-28)19-32-27(34-24)22-15-9-4-10-16-22/h2-16,23-28H,17-19H2,1H3/t23?,24-,25?,26?,27?,28+/m1/s1. The Balaban J connectivity index is 1.39. The van der Waals surface area contributed by atoms with Gasteiger partial charge in [0.15, 0.2) is 12.6 Å². The molecule has 3 aromatic rings. The summed E-state index contributed by atoms with van der Waals surface area (Å²) in [6.07, 6.45) is -2.71. The molecule has 0 amide bonds. The predicted molar refractivity (Wildman–Crippen MR) is 126 cm³/mol. The van der Waals surface area contributed by atoms with E-state index in [-0.39, 0.29) is 12.2 Å². The van der Waals surface area contributed by atoms with Crippen molar-refractivity contribution in [1.82, 2.24) is 0 Å². The summed E-state index contributed by atoms with van der Waals surface area (Å²) in [6.45, 7) is 1.22. The van der Waals surface area contributed by atoms with Crippen molar-refractivity contribution in [2.75, 3.05) is 13.7 Å². The minimum absolute atomic E-state index is 0.331. The zero-order valence-electron chi connectivity index (χ0n) is 19.2. The summed E-state index contributed by atoms with van der Waals surface area (Å²) in [5.41, 5.74) is 3.10. The van der Waals surface area contributed by atoms with Gasteiger partial charge in [0.25, 0.3) is 0 Å². The molecule has 0 N–H and O–H groups in total. The van der Waals surface area contributed by atoms with E-state index >= 15 is 0 Å². The van der Waals surface area contributed by atoms with Gasteiger partial charge in [0, 0.05) is 12.7 Å². The average Bonchev–Trinajstić information content (AvgIpc) is 2.91. The van der Waals surface area contributed by atoms with Gasteiger partial charge in [0.05, 0.1) is 19.8 Å². The van der Waals surface area contributed by atoms with Crippen molar-refractivity contribution in [3.05, 3.63) is 108 Å². The van der Waals surface area contributed by atoms with E-state index in [1.807, 2.05) is 91.0 Å². The van der Waals surface area contributed by atoms with Crippen molar-refractivity contribution in [1.29, 1.82) is 0 Å². The summed E-state index contributed by atoms with van der Waals surface area (Å²) in [4.78, 5) is 0. The molecule has 4 unspecified atom stereocenters. The maximum absolute atomic E-state index is 6.49. The Labute approximate surface area is 200 Å². The topological polar surface area (TPSA) is 55.4 Å². The number of hydrogen-bond donors (Lipinski definition) is 0. The van der Waals surface area contributed by atoms with Crippen LogP contribution in [-0.2, 0) is 41.6 Å². The fraction of sp³-hybridized carbons (Fsp3) is 0.357. The van der Waals surface area contributed by atoms with Crippen molar-refractivity contribution in [3.8, 4) is 0 Å². The second-order valence-corrected chi connectivity index (χ2v) is 8.48. The molecule has 6 atom stereocenters. The maximum Gasteiger partial charge on any atom is 0.186 e. The maximum atomic E-state index is 6.49. The van der Waals surface area contributed by atoms with E-state index in [0.717, 1.165) is 16.7 Å². The van der Waals surface area contributed by atoms with E-state index in [2.05, 4.69) is 0 Å². The molecule has 2 saturated heterocycles. The zero-order valence-corrected chi connectivity index (χ0v) is 19.2. The number of rotatable bonds is 8. The molecule has 0 aromatic heterocycles. The smallest absolute Gasteiger partial charge is 0.186 e. The van der Waals surface area contributed by atoms with E-state index in [1.165, 1.54) is 0 Å². The number of ether oxygens (including phenoxy) is 6. The van der Waals surface area contributed by atoms with Crippen LogP contribution >= 0.6 is 0 Å². The monoisotopic (exact) mass is 462 g/mol. The molecule has 0 aliphatic carbocycles. The van der Waals surface area contributed by atoms with Gasteiger partial charge >= 0.3 is 0 Å². The molecule has 0 bridgehead atoms. The molecule has 2 aliphatic heterocycles. The Kier molecular flexibility index (Phi) is 7.65. The molecule has 2 fully saturated rings. The first-order valence-electron chi connectivity index (χ1n) is 11.6. The first-order valence-corrected chi connectivity index (χ1v) is 11.6. The van der Waals surface area contributed by atoms with Gasteiger partial charge in [-0.3, -0.25) is 0 Å². The van der Waals surface area contributed by atoms with Gasteiger partial charge in [0.1, 0.15) is 24.4 Å². The fourth-order valence-electron chi connectivity index (χ4n) is 4.42. The van der Waals surface area contributed by atoms with Gasteiger partial charge in [-0.2, -0.15) is 0 Å². The molecule has 34 heavy (non-hydrogen) atoms. The molecular weight excluding hydrogens is 432 g/mol. The second kappa shape index (κ2) is 11.2. The molecule has 2 heterocycles. The van der Waals surface area contributed by atoms with Crippen LogP contribution in [0.15, 0.2) is 91.0 Å². The van der Waals surface area contributed by atoms with Crippen molar-refractivity contribution in [2.45, 2.75) is 50.2 Å². The second-order valence-electron chi connectivity index (χ2n) is 8.48. The Morgan fingerprint density at radius 3 is 1.85 bits per heavy atom. The molecule has 178 valence electrons. The first-order chi connectivity index (χ1) is 16.8. The summed E-state index contributed by atoms with van der Waals surface area (Å²) in [5, 5.41) is 0. The number of benzene rings is 3. The van der Waals surface area contributed by atoms with E-state index in [4.69, 9.17) is 28.4 Å². The van der Waals surface area contributed by atoms with Crippen molar-refractivity contribution >= 4 is 0 Å². The van der Waals surface area contributed by atoms with E-state index in [1.54, 1.807) is 7.11 Å². The van der Waals surface area contributed by atoms with Crippen molar-refractivity contribution < 1.29 is 28.4 Å². The molecule has 0 spiro atoms. The van der Waals surface area contributed by atoms with Crippen molar-refractivity contribution in [3.63, 3.8) is 0 Å².